The lowest BCUT2D eigenvalue weighted by molar-refractivity contribution is 0.101. The largest absolute Gasteiger partial charge is 0.291 e. The predicted molar refractivity (Wildman–Crippen MR) is 90.8 cm³/mol. The molecule has 0 heterocycles. The van der Waals surface area contributed by atoms with Gasteiger partial charge in [0.2, 0.25) is 0 Å². The van der Waals surface area contributed by atoms with Gasteiger partial charge in [-0.25, -0.2) is 0 Å². The molecule has 0 spiro atoms. The first kappa shape index (κ1) is 14.9. The number of rotatable bonds is 4. The summed E-state index contributed by atoms with van der Waals surface area (Å²) in [5, 5.41) is 2.01. The zero-order valence-corrected chi connectivity index (χ0v) is 13.2. The molecule has 0 saturated heterocycles. The van der Waals surface area contributed by atoms with E-state index < -0.39 is 15.5 Å². The van der Waals surface area contributed by atoms with Gasteiger partial charge in [0.1, 0.15) is 0 Å². The van der Waals surface area contributed by atoms with E-state index in [0.717, 1.165) is 10.8 Å². The minimum atomic E-state index is -1.58. The fraction of sp³-hybridized carbons (Fsp3) is 0.0556. The first-order valence-electron chi connectivity index (χ1n) is 6.79. The number of alkyl halides is 1. The summed E-state index contributed by atoms with van der Waals surface area (Å²) in [6, 6.07) is 21.9. The number of ketones is 1. The van der Waals surface area contributed by atoms with Crippen molar-refractivity contribution in [3.63, 3.8) is 0 Å². The maximum absolute atomic E-state index is 12.5. The van der Waals surface area contributed by atoms with Crippen molar-refractivity contribution in [2.24, 2.45) is 0 Å². The average molecular weight is 329 g/mol. The molecule has 3 aromatic rings. The molecule has 0 bridgehead atoms. The van der Waals surface area contributed by atoms with E-state index in [2.05, 4.69) is 0 Å². The van der Waals surface area contributed by atoms with Gasteiger partial charge >= 0.3 is 0 Å². The van der Waals surface area contributed by atoms with Crippen molar-refractivity contribution >= 4 is 39.0 Å². The summed E-state index contributed by atoms with van der Waals surface area (Å²) in [5.41, 5.74) is 0.475. The fourth-order valence-corrected chi connectivity index (χ4v) is 3.67. The molecule has 0 N–H and O–H groups in total. The predicted octanol–water partition coefficient (Wildman–Crippen LogP) is 4.40. The van der Waals surface area contributed by atoms with Gasteiger partial charge in [-0.2, -0.15) is 0 Å². The second kappa shape index (κ2) is 6.42. The highest BCUT2D eigenvalue weighted by Gasteiger charge is 2.25. The van der Waals surface area contributed by atoms with Gasteiger partial charge in [-0.3, -0.25) is 9.00 Å². The lowest BCUT2D eigenvalue weighted by atomic mass is 10.1. The maximum Gasteiger partial charge on any atom is 0.193 e. The Hall–Kier alpha value is -1.97. The van der Waals surface area contributed by atoms with Crippen LogP contribution in [0, 0.1) is 0 Å². The van der Waals surface area contributed by atoms with Gasteiger partial charge in [-0.15, -0.1) is 0 Å². The summed E-state index contributed by atoms with van der Waals surface area (Å²) >= 11 is 6.15. The third kappa shape index (κ3) is 2.96. The van der Waals surface area contributed by atoms with Crippen molar-refractivity contribution in [3.8, 4) is 0 Å². The molecule has 2 nitrogen and oxygen atoms in total. The monoisotopic (exact) mass is 328 g/mol. The number of fused-ring (bicyclic) bond motifs is 1. The van der Waals surface area contributed by atoms with Gasteiger partial charge in [0, 0.05) is 10.5 Å². The third-order valence-electron chi connectivity index (χ3n) is 3.40. The van der Waals surface area contributed by atoms with Gasteiger partial charge in [0.05, 0.1) is 10.8 Å². The van der Waals surface area contributed by atoms with E-state index in [1.165, 1.54) is 0 Å². The van der Waals surface area contributed by atoms with E-state index in [1.54, 1.807) is 36.4 Å². The van der Waals surface area contributed by atoms with Crippen molar-refractivity contribution in [2.45, 2.75) is 9.60 Å². The van der Waals surface area contributed by atoms with Crippen LogP contribution in [0.25, 0.3) is 10.8 Å². The average Bonchev–Trinajstić information content (AvgIpc) is 2.60. The molecule has 2 unspecified atom stereocenters. The Morgan fingerprint density at radius 3 is 2.23 bits per heavy atom. The van der Waals surface area contributed by atoms with E-state index in [1.807, 2.05) is 36.4 Å². The van der Waals surface area contributed by atoms with Crippen LogP contribution in [0.3, 0.4) is 0 Å². The van der Waals surface area contributed by atoms with Gasteiger partial charge in [-0.05, 0) is 29.0 Å². The molecule has 2 atom stereocenters. The first-order valence-corrected chi connectivity index (χ1v) is 8.44. The molecule has 0 saturated carbocycles. The summed E-state index contributed by atoms with van der Waals surface area (Å²) < 4.78 is 11.3. The Morgan fingerprint density at radius 1 is 0.864 bits per heavy atom. The molecule has 0 fully saturated rings. The molecule has 110 valence electrons. The Kier molecular flexibility index (Phi) is 4.36. The Labute approximate surface area is 136 Å². The van der Waals surface area contributed by atoms with E-state index in [0.29, 0.717) is 10.5 Å². The molecule has 0 amide bonds. The van der Waals surface area contributed by atoms with Crippen LogP contribution in [0.5, 0.6) is 0 Å². The summed E-state index contributed by atoms with van der Waals surface area (Å²) in [5.74, 6) is -0.324. The summed E-state index contributed by atoms with van der Waals surface area (Å²) in [7, 11) is -1.58. The molecule has 0 aromatic heterocycles. The molecule has 0 radical (unpaired) electrons. The number of benzene rings is 3. The fourth-order valence-electron chi connectivity index (χ4n) is 2.24. The van der Waals surface area contributed by atoms with Crippen LogP contribution in [0.1, 0.15) is 10.4 Å². The molecular formula is C18H13ClO2S. The number of carbonyl (C=O) groups is 1. The van der Waals surface area contributed by atoms with Crippen molar-refractivity contribution in [3.05, 3.63) is 78.4 Å². The highest BCUT2D eigenvalue weighted by molar-refractivity contribution is 7.88. The Morgan fingerprint density at radius 2 is 1.50 bits per heavy atom. The quantitative estimate of drug-likeness (QED) is 0.525. The Bertz CT molecular complexity index is 846. The zero-order chi connectivity index (χ0) is 15.5. The molecule has 0 aliphatic rings. The van der Waals surface area contributed by atoms with Crippen LogP contribution in [0.2, 0.25) is 0 Å². The minimum absolute atomic E-state index is 0.324. The number of halogens is 1. The highest BCUT2D eigenvalue weighted by atomic mass is 35.5. The van der Waals surface area contributed by atoms with Crippen LogP contribution < -0.4 is 0 Å². The van der Waals surface area contributed by atoms with Crippen molar-refractivity contribution in [1.29, 1.82) is 0 Å². The normalized spacial score (nSPS) is 13.7. The van der Waals surface area contributed by atoms with Crippen LogP contribution in [0.15, 0.2) is 77.7 Å². The van der Waals surface area contributed by atoms with E-state index in [-0.39, 0.29) is 5.78 Å². The highest BCUT2D eigenvalue weighted by Crippen LogP contribution is 2.21. The zero-order valence-electron chi connectivity index (χ0n) is 11.6. The van der Waals surface area contributed by atoms with Gasteiger partial charge in [0.25, 0.3) is 0 Å². The lowest BCUT2D eigenvalue weighted by Gasteiger charge is -2.09. The molecule has 4 heteroatoms. The standard InChI is InChI=1S/C18H13ClO2S/c19-18(22(21)16-8-2-1-3-9-16)17(20)15-11-10-13-6-4-5-7-14(13)12-15/h1-12,18H. The third-order valence-corrected chi connectivity index (χ3v) is 5.41. The molecule has 22 heavy (non-hydrogen) atoms. The van der Waals surface area contributed by atoms with E-state index in [9.17, 15) is 9.00 Å². The van der Waals surface area contributed by atoms with E-state index >= 15 is 0 Å². The second-order valence-corrected chi connectivity index (χ2v) is 7.09. The number of hydrogen-bond acceptors (Lipinski definition) is 2. The van der Waals surface area contributed by atoms with Crippen LogP contribution >= 0.6 is 11.6 Å². The van der Waals surface area contributed by atoms with Crippen LogP contribution in [0.4, 0.5) is 0 Å². The summed E-state index contributed by atoms with van der Waals surface area (Å²) in [6.07, 6.45) is 0. The maximum atomic E-state index is 12.5. The van der Waals surface area contributed by atoms with E-state index in [4.69, 9.17) is 11.6 Å². The topological polar surface area (TPSA) is 34.1 Å². The summed E-state index contributed by atoms with van der Waals surface area (Å²) in [6.45, 7) is 0. The van der Waals surface area contributed by atoms with Gasteiger partial charge < -0.3 is 0 Å². The molecular weight excluding hydrogens is 316 g/mol. The first-order chi connectivity index (χ1) is 10.7. The van der Waals surface area contributed by atoms with Crippen LogP contribution in [-0.4, -0.2) is 14.7 Å². The minimum Gasteiger partial charge on any atom is -0.291 e. The van der Waals surface area contributed by atoms with Crippen molar-refractivity contribution < 1.29 is 9.00 Å². The summed E-state index contributed by atoms with van der Waals surface area (Å²) in [4.78, 5) is 13.0. The number of hydrogen-bond donors (Lipinski definition) is 0. The number of carbonyl (C=O) groups excluding carboxylic acids is 1. The van der Waals surface area contributed by atoms with Gasteiger partial charge in [-0.1, -0.05) is 66.2 Å². The molecule has 0 aliphatic heterocycles. The SMILES string of the molecule is O=C(c1ccc2ccccc2c1)C(Cl)S(=O)c1ccccc1. The van der Waals surface area contributed by atoms with Gasteiger partial charge in [0.15, 0.2) is 10.5 Å². The second-order valence-electron chi connectivity index (χ2n) is 4.85. The molecule has 3 aromatic carbocycles. The lowest BCUT2D eigenvalue weighted by Crippen LogP contribution is -2.20. The van der Waals surface area contributed by atoms with Crippen molar-refractivity contribution in [2.75, 3.05) is 0 Å². The smallest absolute Gasteiger partial charge is 0.193 e. The number of Topliss-reactive ketones (excluding diaryl/α,β-unsaturated/α-hetero) is 1. The molecule has 3 rings (SSSR count). The molecule has 0 aliphatic carbocycles. The van der Waals surface area contributed by atoms with Crippen LogP contribution in [-0.2, 0) is 10.8 Å². The van der Waals surface area contributed by atoms with Crippen molar-refractivity contribution in [1.82, 2.24) is 0 Å². The Balaban J connectivity index is 1.90.